The molecule has 0 saturated heterocycles. The van der Waals surface area contributed by atoms with Crippen molar-refractivity contribution >= 4 is 23.3 Å². The number of anilines is 1. The van der Waals surface area contributed by atoms with Gasteiger partial charge in [0.2, 0.25) is 0 Å². The third-order valence-electron chi connectivity index (χ3n) is 1.99. The molecule has 1 aromatic rings. The normalized spacial score (nSPS) is 9.82. The molecule has 0 fully saturated rings. The highest BCUT2D eigenvalue weighted by Gasteiger charge is 2.08. The third-order valence-corrected chi connectivity index (χ3v) is 2.22. The fourth-order valence-corrected chi connectivity index (χ4v) is 1.30. The summed E-state index contributed by atoms with van der Waals surface area (Å²) in [5.41, 5.74) is 0.501. The number of hydrogen-bond donors (Lipinski definition) is 1. The predicted molar refractivity (Wildman–Crippen MR) is 65.7 cm³/mol. The fraction of sp³-hybridized carbons (Fsp3) is 0.250. The number of ether oxygens (including phenoxy) is 1. The molecule has 0 spiro atoms. The van der Waals surface area contributed by atoms with Gasteiger partial charge in [0.15, 0.2) is 0 Å². The summed E-state index contributed by atoms with van der Waals surface area (Å²) in [6.45, 7) is 5.66. The monoisotopic (exact) mass is 257 g/mol. The van der Waals surface area contributed by atoms with E-state index in [0.29, 0.717) is 5.02 Å². The van der Waals surface area contributed by atoms with E-state index in [1.54, 1.807) is 13.0 Å². The lowest BCUT2D eigenvalue weighted by Crippen LogP contribution is -2.15. The van der Waals surface area contributed by atoms with Crippen molar-refractivity contribution in [1.82, 2.24) is 0 Å². The Hall–Kier alpha value is -1.55. The highest BCUT2D eigenvalue weighted by Crippen LogP contribution is 2.18. The highest BCUT2D eigenvalue weighted by atomic mass is 35.5. The minimum Gasteiger partial charge on any atom is -0.463 e. The van der Waals surface area contributed by atoms with Gasteiger partial charge < -0.3 is 10.1 Å². The number of hydrogen-bond acceptors (Lipinski definition) is 3. The maximum absolute atomic E-state index is 13.4. The summed E-state index contributed by atoms with van der Waals surface area (Å²) in [6.07, 6.45) is 0. The Balaban J connectivity index is 2.56. The van der Waals surface area contributed by atoms with E-state index in [1.165, 1.54) is 12.1 Å². The Morgan fingerprint density at radius 1 is 1.59 bits per heavy atom. The average molecular weight is 258 g/mol. The summed E-state index contributed by atoms with van der Waals surface area (Å²) >= 11 is 5.61. The number of rotatable bonds is 5. The zero-order valence-corrected chi connectivity index (χ0v) is 10.2. The fourth-order valence-electron chi connectivity index (χ4n) is 1.14. The van der Waals surface area contributed by atoms with Crippen LogP contribution in [0.25, 0.3) is 0 Å². The molecule has 0 bridgehead atoms. The van der Waals surface area contributed by atoms with Crippen LogP contribution in [0.15, 0.2) is 30.4 Å². The van der Waals surface area contributed by atoms with Gasteiger partial charge in [0.25, 0.3) is 0 Å². The summed E-state index contributed by atoms with van der Waals surface area (Å²) in [7, 11) is 0. The van der Waals surface area contributed by atoms with Crippen LogP contribution in [0.3, 0.4) is 0 Å². The van der Waals surface area contributed by atoms with Gasteiger partial charge in [0.1, 0.15) is 5.82 Å². The zero-order chi connectivity index (χ0) is 12.8. The Morgan fingerprint density at radius 2 is 2.29 bits per heavy atom. The molecule has 1 rings (SSSR count). The second kappa shape index (κ2) is 6.25. The van der Waals surface area contributed by atoms with E-state index in [4.69, 9.17) is 16.3 Å². The molecule has 0 saturated carbocycles. The molecular formula is C12H13ClFNO2. The highest BCUT2D eigenvalue weighted by molar-refractivity contribution is 6.30. The van der Waals surface area contributed by atoms with Crippen LogP contribution in [-0.2, 0) is 9.53 Å². The predicted octanol–water partition coefficient (Wildman–Crippen LogP) is 3.01. The Labute approximate surface area is 104 Å². The second-order valence-electron chi connectivity index (χ2n) is 3.30. The van der Waals surface area contributed by atoms with Crippen molar-refractivity contribution in [3.05, 3.63) is 41.2 Å². The van der Waals surface area contributed by atoms with Crippen LogP contribution >= 0.6 is 11.6 Å². The minimum absolute atomic E-state index is 0.122. The summed E-state index contributed by atoms with van der Waals surface area (Å²) in [6, 6.07) is 4.24. The summed E-state index contributed by atoms with van der Waals surface area (Å²) in [5, 5.41) is 3.06. The van der Waals surface area contributed by atoms with Crippen molar-refractivity contribution in [2.45, 2.75) is 6.92 Å². The molecule has 0 atom stereocenters. The van der Waals surface area contributed by atoms with E-state index in [-0.39, 0.29) is 24.4 Å². The zero-order valence-electron chi connectivity index (χ0n) is 9.43. The van der Waals surface area contributed by atoms with Gasteiger partial charge in [-0.15, -0.1) is 0 Å². The van der Waals surface area contributed by atoms with E-state index < -0.39 is 11.8 Å². The summed E-state index contributed by atoms with van der Waals surface area (Å²) in [5.74, 6) is -0.969. The van der Waals surface area contributed by atoms with E-state index in [2.05, 4.69) is 11.9 Å². The summed E-state index contributed by atoms with van der Waals surface area (Å²) < 4.78 is 18.1. The number of halogens is 2. The minimum atomic E-state index is -0.491. The topological polar surface area (TPSA) is 38.3 Å². The van der Waals surface area contributed by atoms with Gasteiger partial charge >= 0.3 is 5.97 Å². The van der Waals surface area contributed by atoms with Crippen molar-refractivity contribution in [1.29, 1.82) is 0 Å². The lowest BCUT2D eigenvalue weighted by atomic mass is 10.2. The van der Waals surface area contributed by atoms with E-state index in [0.717, 1.165) is 0 Å². The maximum Gasteiger partial charge on any atom is 0.335 e. The molecule has 0 radical (unpaired) electrons. The van der Waals surface area contributed by atoms with Crippen LogP contribution in [0.5, 0.6) is 0 Å². The molecule has 0 aliphatic carbocycles. The van der Waals surface area contributed by atoms with E-state index >= 15 is 0 Å². The molecule has 0 aliphatic rings. The number of esters is 1. The van der Waals surface area contributed by atoms with Crippen LogP contribution in [0.2, 0.25) is 5.02 Å². The van der Waals surface area contributed by atoms with Crippen LogP contribution in [-0.4, -0.2) is 19.1 Å². The molecule has 17 heavy (non-hydrogen) atoms. The van der Waals surface area contributed by atoms with Crippen LogP contribution in [0.4, 0.5) is 10.1 Å². The molecule has 0 aromatic heterocycles. The first-order chi connectivity index (χ1) is 8.04. The Morgan fingerprint density at radius 3 is 2.88 bits per heavy atom. The quantitative estimate of drug-likeness (QED) is 0.651. The number of carbonyl (C=O) groups excluding carboxylic acids is 1. The Bertz CT molecular complexity index is 435. The molecular weight excluding hydrogens is 245 g/mol. The average Bonchev–Trinajstić information content (AvgIpc) is 2.27. The lowest BCUT2D eigenvalue weighted by Gasteiger charge is -2.09. The van der Waals surface area contributed by atoms with Crippen LogP contribution < -0.4 is 5.32 Å². The molecule has 0 amide bonds. The molecule has 0 heterocycles. The van der Waals surface area contributed by atoms with Crippen molar-refractivity contribution < 1.29 is 13.9 Å². The van der Waals surface area contributed by atoms with Gasteiger partial charge in [-0.25, -0.2) is 9.18 Å². The smallest absolute Gasteiger partial charge is 0.335 e. The standard InChI is InChI=1S/C12H13ClFNO2/c1-3-17-12(16)8(2)7-15-11-5-4-9(13)6-10(11)14/h4-6,15H,2-3,7H2,1H3. The first kappa shape index (κ1) is 13.5. The summed E-state index contributed by atoms with van der Waals surface area (Å²) in [4.78, 5) is 11.2. The Kier molecular flexibility index (Phi) is 4.97. The maximum atomic E-state index is 13.4. The van der Waals surface area contributed by atoms with Crippen molar-refractivity contribution in [3.8, 4) is 0 Å². The van der Waals surface area contributed by atoms with Gasteiger partial charge in [-0.05, 0) is 25.1 Å². The molecule has 92 valence electrons. The number of nitrogens with one attached hydrogen (secondary N) is 1. The molecule has 0 unspecified atom stereocenters. The largest absolute Gasteiger partial charge is 0.463 e. The van der Waals surface area contributed by atoms with Crippen molar-refractivity contribution in [2.75, 3.05) is 18.5 Å². The number of benzene rings is 1. The van der Waals surface area contributed by atoms with E-state index in [1.807, 2.05) is 0 Å². The first-order valence-electron chi connectivity index (χ1n) is 5.08. The van der Waals surface area contributed by atoms with Gasteiger partial charge in [-0.1, -0.05) is 18.2 Å². The second-order valence-corrected chi connectivity index (χ2v) is 3.74. The van der Waals surface area contributed by atoms with Gasteiger partial charge in [0.05, 0.1) is 12.3 Å². The van der Waals surface area contributed by atoms with Crippen molar-refractivity contribution in [2.24, 2.45) is 0 Å². The molecule has 5 heteroatoms. The number of carbonyl (C=O) groups is 1. The van der Waals surface area contributed by atoms with Gasteiger partial charge in [0, 0.05) is 17.1 Å². The van der Waals surface area contributed by atoms with Gasteiger partial charge in [-0.2, -0.15) is 0 Å². The van der Waals surface area contributed by atoms with Crippen LogP contribution in [0, 0.1) is 5.82 Å². The van der Waals surface area contributed by atoms with E-state index in [9.17, 15) is 9.18 Å². The molecule has 1 aromatic carbocycles. The van der Waals surface area contributed by atoms with Crippen molar-refractivity contribution in [3.63, 3.8) is 0 Å². The molecule has 0 aliphatic heterocycles. The third kappa shape index (κ3) is 4.07. The molecule has 3 nitrogen and oxygen atoms in total. The van der Waals surface area contributed by atoms with Gasteiger partial charge in [-0.3, -0.25) is 0 Å². The van der Waals surface area contributed by atoms with Crippen LogP contribution in [0.1, 0.15) is 6.92 Å². The first-order valence-corrected chi connectivity index (χ1v) is 5.46. The lowest BCUT2D eigenvalue weighted by molar-refractivity contribution is -0.138. The SMILES string of the molecule is C=C(CNc1ccc(Cl)cc1F)C(=O)OCC. The molecule has 1 N–H and O–H groups in total.